The van der Waals surface area contributed by atoms with Crippen LogP contribution in [0, 0.1) is 35.5 Å². The van der Waals surface area contributed by atoms with E-state index < -0.39 is 0 Å². The number of Topliss-reactive ketones (excluding diaryl/α,β-unsaturated/α-hetero) is 1. The number of hydrogen-bond acceptors (Lipinski definition) is 1. The number of carbonyl (C=O) groups excluding carboxylic acids is 1. The topological polar surface area (TPSA) is 17.1 Å². The Morgan fingerprint density at radius 2 is 2.09 bits per heavy atom. The highest BCUT2D eigenvalue weighted by molar-refractivity contribution is 5.92. The smallest absolute Gasteiger partial charge is 0.140 e. The van der Waals surface area contributed by atoms with Crippen molar-refractivity contribution in [3.63, 3.8) is 0 Å². The van der Waals surface area contributed by atoms with Crippen molar-refractivity contribution in [3.05, 3.63) is 12.2 Å². The van der Waals surface area contributed by atoms with Gasteiger partial charge in [-0.15, -0.1) is 0 Å². The molecule has 0 aliphatic heterocycles. The van der Waals surface area contributed by atoms with E-state index in [1.807, 2.05) is 0 Å². The van der Waals surface area contributed by atoms with Gasteiger partial charge in [0.1, 0.15) is 5.78 Å². The zero-order chi connectivity index (χ0) is 7.16. The number of rotatable bonds is 0. The van der Waals surface area contributed by atoms with Crippen LogP contribution in [0.3, 0.4) is 0 Å². The zero-order valence-electron chi connectivity index (χ0n) is 6.23. The number of allylic oxidation sites excluding steroid dienone is 2. The van der Waals surface area contributed by atoms with Crippen LogP contribution in [-0.4, -0.2) is 5.78 Å². The van der Waals surface area contributed by atoms with E-state index in [9.17, 15) is 4.79 Å². The van der Waals surface area contributed by atoms with Crippen molar-refractivity contribution >= 4 is 5.78 Å². The van der Waals surface area contributed by atoms with Gasteiger partial charge in [-0.25, -0.2) is 0 Å². The van der Waals surface area contributed by atoms with E-state index in [-0.39, 0.29) is 0 Å². The first kappa shape index (κ1) is 5.13. The Balaban J connectivity index is 1.83. The standard InChI is InChI=1S/C10H10O/c11-10-5-3-1-2-4(5)6-7-8(6)9(7)10/h1-2,4-9H,3H2/t4?,5?,6?,7-,8+,9?. The Morgan fingerprint density at radius 3 is 2.91 bits per heavy atom. The van der Waals surface area contributed by atoms with Crippen LogP contribution in [0.25, 0.3) is 0 Å². The van der Waals surface area contributed by atoms with Crippen LogP contribution in [0.4, 0.5) is 0 Å². The molecular weight excluding hydrogens is 136 g/mol. The molecule has 0 aromatic carbocycles. The van der Waals surface area contributed by atoms with E-state index in [2.05, 4.69) is 12.2 Å². The molecule has 6 atom stereocenters. The minimum absolute atomic E-state index is 0.431. The monoisotopic (exact) mass is 146 g/mol. The number of carbonyl (C=O) groups is 1. The molecule has 1 heteroatoms. The van der Waals surface area contributed by atoms with Crippen molar-refractivity contribution in [2.75, 3.05) is 0 Å². The van der Waals surface area contributed by atoms with E-state index in [0.717, 1.165) is 24.2 Å². The van der Waals surface area contributed by atoms with Crippen LogP contribution in [0.1, 0.15) is 6.42 Å². The van der Waals surface area contributed by atoms with Crippen LogP contribution < -0.4 is 0 Å². The van der Waals surface area contributed by atoms with Crippen LogP contribution in [-0.2, 0) is 4.79 Å². The average molecular weight is 146 g/mol. The average Bonchev–Trinajstić information content (AvgIpc) is 2.81. The molecule has 4 fully saturated rings. The predicted molar refractivity (Wildman–Crippen MR) is 39.7 cm³/mol. The normalized spacial score (nSPS) is 67.5. The first-order chi connectivity index (χ1) is 5.39. The first-order valence-electron chi connectivity index (χ1n) is 4.60. The van der Waals surface area contributed by atoms with Crippen molar-refractivity contribution in [2.24, 2.45) is 35.5 Å². The Morgan fingerprint density at radius 1 is 1.27 bits per heavy atom. The highest BCUT2D eigenvalue weighted by atomic mass is 16.1. The van der Waals surface area contributed by atoms with Gasteiger partial charge in [0, 0.05) is 11.8 Å². The van der Waals surface area contributed by atoms with Gasteiger partial charge in [-0.3, -0.25) is 4.79 Å². The summed E-state index contributed by atoms with van der Waals surface area (Å²) in [5.41, 5.74) is 0. The molecule has 0 spiro atoms. The summed E-state index contributed by atoms with van der Waals surface area (Å²) in [6.45, 7) is 0. The molecule has 0 amide bonds. The summed E-state index contributed by atoms with van der Waals surface area (Å²) in [7, 11) is 0. The second-order valence-corrected chi connectivity index (χ2v) is 4.51. The highest BCUT2D eigenvalue weighted by Crippen LogP contribution is 2.81. The van der Waals surface area contributed by atoms with Gasteiger partial charge < -0.3 is 0 Å². The van der Waals surface area contributed by atoms with E-state index in [0.29, 0.717) is 23.5 Å². The van der Waals surface area contributed by atoms with Gasteiger partial charge in [-0.05, 0) is 30.1 Å². The molecule has 0 aromatic rings. The van der Waals surface area contributed by atoms with Gasteiger partial charge in [0.05, 0.1) is 0 Å². The van der Waals surface area contributed by atoms with Crippen molar-refractivity contribution in [1.29, 1.82) is 0 Å². The second kappa shape index (κ2) is 1.21. The van der Waals surface area contributed by atoms with Crippen LogP contribution in [0.15, 0.2) is 12.2 Å². The molecule has 4 saturated carbocycles. The second-order valence-electron chi connectivity index (χ2n) is 4.51. The van der Waals surface area contributed by atoms with Gasteiger partial charge in [0.2, 0.25) is 0 Å². The molecule has 0 radical (unpaired) electrons. The Kier molecular flexibility index (Phi) is 0.566. The lowest BCUT2D eigenvalue weighted by atomic mass is 9.72. The zero-order valence-corrected chi connectivity index (χ0v) is 6.23. The van der Waals surface area contributed by atoms with Crippen molar-refractivity contribution < 1.29 is 4.79 Å². The molecule has 5 aliphatic rings. The fourth-order valence-electron chi connectivity index (χ4n) is 3.59. The molecule has 0 heterocycles. The summed E-state index contributed by atoms with van der Waals surface area (Å²) in [5, 5.41) is 0. The van der Waals surface area contributed by atoms with Gasteiger partial charge >= 0.3 is 0 Å². The summed E-state index contributed by atoms with van der Waals surface area (Å²) in [4.78, 5) is 11.6. The maximum atomic E-state index is 11.6. The Bertz CT molecular complexity index is 281. The van der Waals surface area contributed by atoms with Crippen molar-refractivity contribution in [2.45, 2.75) is 6.42 Å². The molecule has 0 aromatic heterocycles. The fraction of sp³-hybridized carbons (Fsp3) is 0.700. The number of ketones is 1. The molecule has 0 N–H and O–H groups in total. The summed E-state index contributed by atoms with van der Waals surface area (Å²) in [6.07, 6.45) is 5.57. The van der Waals surface area contributed by atoms with Crippen LogP contribution in [0.5, 0.6) is 0 Å². The Hall–Kier alpha value is -0.590. The van der Waals surface area contributed by atoms with E-state index in [1.54, 1.807) is 0 Å². The van der Waals surface area contributed by atoms with Crippen LogP contribution in [0.2, 0.25) is 0 Å². The molecule has 56 valence electrons. The van der Waals surface area contributed by atoms with Crippen molar-refractivity contribution in [1.82, 2.24) is 0 Å². The summed E-state index contributed by atoms with van der Waals surface area (Å²) in [5.74, 6) is 4.97. The quantitative estimate of drug-likeness (QED) is 0.470. The minimum Gasteiger partial charge on any atom is -0.299 e. The molecule has 5 rings (SSSR count). The summed E-state index contributed by atoms with van der Waals surface area (Å²) < 4.78 is 0. The largest absolute Gasteiger partial charge is 0.299 e. The van der Waals surface area contributed by atoms with Crippen molar-refractivity contribution in [3.8, 4) is 0 Å². The summed E-state index contributed by atoms with van der Waals surface area (Å²) >= 11 is 0. The Labute approximate surface area is 65.5 Å². The third-order valence-electron chi connectivity index (χ3n) is 4.23. The van der Waals surface area contributed by atoms with E-state index in [1.165, 1.54) is 0 Å². The van der Waals surface area contributed by atoms with Gasteiger partial charge in [0.25, 0.3) is 0 Å². The molecule has 1 nitrogen and oxygen atoms in total. The SMILES string of the molecule is O=C1C2CC=CC2C2[C@H]3C1[C@@H]23. The molecule has 5 aliphatic carbocycles. The van der Waals surface area contributed by atoms with Crippen LogP contribution >= 0.6 is 0 Å². The maximum absolute atomic E-state index is 11.6. The predicted octanol–water partition coefficient (Wildman–Crippen LogP) is 1.25. The van der Waals surface area contributed by atoms with Gasteiger partial charge in [-0.2, -0.15) is 0 Å². The van der Waals surface area contributed by atoms with Gasteiger partial charge in [-0.1, -0.05) is 12.2 Å². The molecule has 0 saturated heterocycles. The lowest BCUT2D eigenvalue weighted by molar-refractivity contribution is -0.130. The fourth-order valence-corrected chi connectivity index (χ4v) is 3.59. The third kappa shape index (κ3) is 0.369. The molecule has 4 unspecified atom stereocenters. The maximum Gasteiger partial charge on any atom is 0.140 e. The molecule has 11 heavy (non-hydrogen) atoms. The number of hydrogen-bond donors (Lipinski definition) is 0. The van der Waals surface area contributed by atoms with Gasteiger partial charge in [0.15, 0.2) is 0 Å². The molecule has 2 bridgehead atoms. The minimum atomic E-state index is 0.431. The van der Waals surface area contributed by atoms with E-state index >= 15 is 0 Å². The third-order valence-corrected chi connectivity index (χ3v) is 4.23. The molecular formula is C10H10O. The lowest BCUT2D eigenvalue weighted by Crippen LogP contribution is -2.35. The first-order valence-corrected chi connectivity index (χ1v) is 4.60. The van der Waals surface area contributed by atoms with E-state index in [4.69, 9.17) is 0 Å². The highest BCUT2D eigenvalue weighted by Gasteiger charge is 2.81. The summed E-state index contributed by atoms with van der Waals surface area (Å²) in [6, 6.07) is 0. The lowest BCUT2D eigenvalue weighted by Gasteiger charge is -2.30.